The molecular formula is C17H16N6O. The summed E-state index contributed by atoms with van der Waals surface area (Å²) in [5, 5.41) is 5.91. The lowest BCUT2D eigenvalue weighted by atomic mass is 10.3. The van der Waals surface area contributed by atoms with Gasteiger partial charge in [-0.25, -0.2) is 9.97 Å². The van der Waals surface area contributed by atoms with Crippen LogP contribution in [0.15, 0.2) is 61.4 Å². The average molecular weight is 320 g/mol. The van der Waals surface area contributed by atoms with Gasteiger partial charge >= 0.3 is 0 Å². The summed E-state index contributed by atoms with van der Waals surface area (Å²) in [5.74, 6) is 0.327. The largest absolute Gasteiger partial charge is 0.365 e. The van der Waals surface area contributed by atoms with Gasteiger partial charge in [0.05, 0.1) is 12.4 Å². The minimum Gasteiger partial charge on any atom is -0.365 e. The van der Waals surface area contributed by atoms with Gasteiger partial charge in [-0.05, 0) is 23.3 Å². The zero-order valence-corrected chi connectivity index (χ0v) is 12.9. The molecule has 1 amide bonds. The summed E-state index contributed by atoms with van der Waals surface area (Å²) in [4.78, 5) is 28.4. The molecule has 7 nitrogen and oxygen atoms in total. The Kier molecular flexibility index (Phi) is 5.03. The maximum Gasteiger partial charge on any atom is 0.271 e. The van der Waals surface area contributed by atoms with Gasteiger partial charge in [-0.3, -0.25) is 14.8 Å². The Balaban J connectivity index is 1.53. The van der Waals surface area contributed by atoms with E-state index in [9.17, 15) is 4.79 Å². The van der Waals surface area contributed by atoms with Gasteiger partial charge in [0.25, 0.3) is 5.91 Å². The first-order valence-electron chi connectivity index (χ1n) is 7.43. The number of carbonyl (C=O) groups is 1. The smallest absolute Gasteiger partial charge is 0.271 e. The van der Waals surface area contributed by atoms with Gasteiger partial charge in [0.1, 0.15) is 11.5 Å². The number of amides is 1. The molecular weight excluding hydrogens is 304 g/mol. The first-order chi connectivity index (χ1) is 11.8. The van der Waals surface area contributed by atoms with Crippen molar-refractivity contribution < 1.29 is 4.79 Å². The lowest BCUT2D eigenvalue weighted by molar-refractivity contribution is 0.0945. The molecule has 0 unspecified atom stereocenters. The molecule has 3 heterocycles. The number of rotatable bonds is 6. The maximum absolute atomic E-state index is 12.0. The van der Waals surface area contributed by atoms with Crippen molar-refractivity contribution in [3.8, 4) is 0 Å². The SMILES string of the molecule is O=C(NCc1cccnc1)c1cnc(NCc2cccnc2)cn1. The summed E-state index contributed by atoms with van der Waals surface area (Å²) < 4.78 is 0. The van der Waals surface area contributed by atoms with E-state index in [1.807, 2.05) is 24.3 Å². The van der Waals surface area contributed by atoms with Crippen molar-refractivity contribution in [2.45, 2.75) is 13.1 Å². The number of nitrogens with one attached hydrogen (secondary N) is 2. The van der Waals surface area contributed by atoms with Gasteiger partial charge < -0.3 is 10.6 Å². The number of hydrogen-bond acceptors (Lipinski definition) is 6. The van der Waals surface area contributed by atoms with Crippen LogP contribution in [0, 0.1) is 0 Å². The first-order valence-corrected chi connectivity index (χ1v) is 7.43. The standard InChI is InChI=1S/C17H16N6O/c24-17(23-10-14-4-2-6-19-8-14)15-11-22-16(12-20-15)21-9-13-3-1-5-18-7-13/h1-8,11-12H,9-10H2,(H,21,22)(H,23,24). The summed E-state index contributed by atoms with van der Waals surface area (Å²) in [5.41, 5.74) is 2.23. The fraction of sp³-hybridized carbons (Fsp3) is 0.118. The molecule has 0 bridgehead atoms. The monoisotopic (exact) mass is 320 g/mol. The van der Waals surface area contributed by atoms with Crippen LogP contribution in [0.25, 0.3) is 0 Å². The van der Waals surface area contributed by atoms with Gasteiger partial charge in [-0.2, -0.15) is 0 Å². The van der Waals surface area contributed by atoms with Gasteiger partial charge in [0, 0.05) is 37.9 Å². The first kappa shape index (κ1) is 15.5. The molecule has 0 atom stereocenters. The molecule has 0 saturated heterocycles. The third kappa shape index (κ3) is 4.33. The number of anilines is 1. The molecule has 0 aliphatic carbocycles. The van der Waals surface area contributed by atoms with E-state index in [0.717, 1.165) is 11.1 Å². The summed E-state index contributed by atoms with van der Waals surface area (Å²) in [6.07, 6.45) is 9.88. The highest BCUT2D eigenvalue weighted by Gasteiger charge is 2.07. The molecule has 3 aromatic rings. The van der Waals surface area contributed by atoms with E-state index in [1.54, 1.807) is 24.8 Å². The molecule has 0 fully saturated rings. The van der Waals surface area contributed by atoms with Crippen LogP contribution in [-0.2, 0) is 13.1 Å². The van der Waals surface area contributed by atoms with Crippen molar-refractivity contribution in [3.63, 3.8) is 0 Å². The van der Waals surface area contributed by atoms with E-state index in [1.165, 1.54) is 12.4 Å². The van der Waals surface area contributed by atoms with Crippen LogP contribution < -0.4 is 10.6 Å². The Morgan fingerprint density at radius 3 is 2.17 bits per heavy atom. The lowest BCUT2D eigenvalue weighted by Crippen LogP contribution is -2.24. The molecule has 120 valence electrons. The molecule has 0 spiro atoms. The summed E-state index contributed by atoms with van der Waals surface area (Å²) in [7, 11) is 0. The summed E-state index contributed by atoms with van der Waals surface area (Å²) in [6, 6.07) is 7.56. The van der Waals surface area contributed by atoms with Crippen LogP contribution >= 0.6 is 0 Å². The number of pyridine rings is 2. The lowest BCUT2D eigenvalue weighted by Gasteiger charge is -2.07. The normalized spacial score (nSPS) is 10.2. The van der Waals surface area contributed by atoms with Gasteiger partial charge in [-0.1, -0.05) is 12.1 Å². The molecule has 24 heavy (non-hydrogen) atoms. The van der Waals surface area contributed by atoms with E-state index in [-0.39, 0.29) is 11.6 Å². The Bertz CT molecular complexity index is 777. The van der Waals surface area contributed by atoms with Crippen molar-refractivity contribution in [1.82, 2.24) is 25.3 Å². The third-order valence-corrected chi connectivity index (χ3v) is 3.26. The summed E-state index contributed by atoms with van der Waals surface area (Å²) in [6.45, 7) is 0.991. The van der Waals surface area contributed by atoms with Gasteiger partial charge in [0.2, 0.25) is 0 Å². The van der Waals surface area contributed by atoms with Crippen LogP contribution in [0.3, 0.4) is 0 Å². The number of aromatic nitrogens is 4. The molecule has 2 N–H and O–H groups in total. The Morgan fingerprint density at radius 1 is 0.875 bits per heavy atom. The Morgan fingerprint density at radius 2 is 1.58 bits per heavy atom. The molecule has 0 aromatic carbocycles. The van der Waals surface area contributed by atoms with E-state index in [0.29, 0.717) is 18.9 Å². The minimum atomic E-state index is -0.273. The van der Waals surface area contributed by atoms with Crippen molar-refractivity contribution in [2.75, 3.05) is 5.32 Å². The van der Waals surface area contributed by atoms with E-state index in [2.05, 4.69) is 30.6 Å². The molecule has 3 aromatic heterocycles. The highest BCUT2D eigenvalue weighted by Crippen LogP contribution is 2.05. The zero-order chi connectivity index (χ0) is 16.6. The van der Waals surface area contributed by atoms with Gasteiger partial charge in [0.15, 0.2) is 0 Å². The van der Waals surface area contributed by atoms with Crippen molar-refractivity contribution >= 4 is 11.7 Å². The quantitative estimate of drug-likeness (QED) is 0.719. The molecule has 0 aliphatic rings. The van der Waals surface area contributed by atoms with Crippen LogP contribution in [-0.4, -0.2) is 25.8 Å². The number of carbonyl (C=O) groups excluding carboxylic acids is 1. The maximum atomic E-state index is 12.0. The average Bonchev–Trinajstić information content (AvgIpc) is 2.66. The molecule has 7 heteroatoms. The predicted octanol–water partition coefficient (Wildman–Crippen LogP) is 1.81. The zero-order valence-electron chi connectivity index (χ0n) is 12.9. The fourth-order valence-corrected chi connectivity index (χ4v) is 2.01. The number of nitrogens with zero attached hydrogens (tertiary/aromatic N) is 4. The number of hydrogen-bond donors (Lipinski definition) is 2. The van der Waals surface area contributed by atoms with E-state index < -0.39 is 0 Å². The summed E-state index contributed by atoms with van der Waals surface area (Å²) >= 11 is 0. The second-order valence-corrected chi connectivity index (χ2v) is 5.05. The van der Waals surface area contributed by atoms with Crippen molar-refractivity contribution in [3.05, 3.63) is 78.3 Å². The second-order valence-electron chi connectivity index (χ2n) is 5.05. The van der Waals surface area contributed by atoms with Gasteiger partial charge in [-0.15, -0.1) is 0 Å². The third-order valence-electron chi connectivity index (χ3n) is 3.26. The van der Waals surface area contributed by atoms with Crippen LogP contribution in [0.1, 0.15) is 21.6 Å². The minimum absolute atomic E-state index is 0.269. The second kappa shape index (κ2) is 7.77. The highest BCUT2D eigenvalue weighted by atomic mass is 16.1. The van der Waals surface area contributed by atoms with E-state index in [4.69, 9.17) is 0 Å². The Hall–Kier alpha value is -3.35. The van der Waals surface area contributed by atoms with Crippen LogP contribution in [0.5, 0.6) is 0 Å². The Labute approximate surface area is 139 Å². The molecule has 0 aliphatic heterocycles. The molecule has 3 rings (SSSR count). The predicted molar refractivity (Wildman–Crippen MR) is 89.0 cm³/mol. The van der Waals surface area contributed by atoms with Crippen LogP contribution in [0.4, 0.5) is 5.82 Å². The van der Waals surface area contributed by atoms with E-state index >= 15 is 0 Å². The highest BCUT2D eigenvalue weighted by molar-refractivity contribution is 5.91. The van der Waals surface area contributed by atoms with Crippen molar-refractivity contribution in [2.24, 2.45) is 0 Å². The fourth-order valence-electron chi connectivity index (χ4n) is 2.01. The van der Waals surface area contributed by atoms with Crippen LogP contribution in [0.2, 0.25) is 0 Å². The molecule has 0 saturated carbocycles. The van der Waals surface area contributed by atoms with Crippen molar-refractivity contribution in [1.29, 1.82) is 0 Å². The topological polar surface area (TPSA) is 92.7 Å². The molecule has 0 radical (unpaired) electrons.